The summed E-state index contributed by atoms with van der Waals surface area (Å²) in [5.74, 6) is -0.225. The van der Waals surface area contributed by atoms with Crippen LogP contribution in [-0.2, 0) is 9.59 Å². The molecule has 0 radical (unpaired) electrons. The molecule has 3 aromatic rings. The summed E-state index contributed by atoms with van der Waals surface area (Å²) in [4.78, 5) is 29.1. The van der Waals surface area contributed by atoms with E-state index < -0.39 is 0 Å². The van der Waals surface area contributed by atoms with Crippen molar-refractivity contribution < 1.29 is 14.3 Å². The average molecular weight is 433 g/mol. The predicted molar refractivity (Wildman–Crippen MR) is 125 cm³/mol. The van der Waals surface area contributed by atoms with E-state index in [1.807, 2.05) is 62.5 Å². The van der Waals surface area contributed by atoms with Crippen molar-refractivity contribution in [2.45, 2.75) is 27.2 Å². The van der Waals surface area contributed by atoms with Gasteiger partial charge in [-0.25, -0.2) is 4.90 Å². The monoisotopic (exact) mass is 432 g/mol. The minimum absolute atomic E-state index is 0.282. The van der Waals surface area contributed by atoms with Gasteiger partial charge in [-0.2, -0.15) is 0 Å². The molecule has 31 heavy (non-hydrogen) atoms. The number of imide groups is 1. The van der Waals surface area contributed by atoms with Crippen LogP contribution in [0.2, 0.25) is 0 Å². The number of para-hydroxylation sites is 2. The van der Waals surface area contributed by atoms with Crippen LogP contribution in [0.1, 0.15) is 29.3 Å². The van der Waals surface area contributed by atoms with E-state index in [1.165, 1.54) is 16.2 Å². The molecule has 0 spiro atoms. The maximum absolute atomic E-state index is 13.6. The van der Waals surface area contributed by atoms with Crippen molar-refractivity contribution in [3.63, 3.8) is 0 Å². The van der Waals surface area contributed by atoms with Crippen molar-refractivity contribution in [3.05, 3.63) is 81.7 Å². The van der Waals surface area contributed by atoms with Crippen molar-refractivity contribution >= 4 is 40.1 Å². The molecule has 0 saturated heterocycles. The van der Waals surface area contributed by atoms with Gasteiger partial charge in [0.2, 0.25) is 0 Å². The molecule has 0 fully saturated rings. The second-order valence-electron chi connectivity index (χ2n) is 7.43. The molecule has 4 rings (SSSR count). The number of amides is 2. The molecule has 2 amide bonds. The molecule has 1 aliphatic rings. The van der Waals surface area contributed by atoms with Gasteiger partial charge < -0.3 is 10.1 Å². The summed E-state index contributed by atoms with van der Waals surface area (Å²) in [7, 11) is 0. The Hall–Kier alpha value is -3.38. The molecule has 2 aromatic carbocycles. The summed E-state index contributed by atoms with van der Waals surface area (Å²) in [6.07, 6.45) is 0.828. The smallest absolute Gasteiger partial charge is 0.282 e. The number of hydrogen-bond donors (Lipinski definition) is 1. The number of anilines is 2. The number of thiophene rings is 1. The summed E-state index contributed by atoms with van der Waals surface area (Å²) in [6, 6.07) is 16.9. The van der Waals surface area contributed by atoms with E-state index in [-0.39, 0.29) is 17.5 Å². The first-order valence-electron chi connectivity index (χ1n) is 10.2. The van der Waals surface area contributed by atoms with E-state index >= 15 is 0 Å². The van der Waals surface area contributed by atoms with Crippen LogP contribution in [0.3, 0.4) is 0 Å². The SMILES string of the molecule is CCCOc1ccccc1N1C(=O)C(Nc2ccc(C)cc2C)=C(c2cccs2)C1=O. The van der Waals surface area contributed by atoms with Crippen molar-refractivity contribution in [1.29, 1.82) is 0 Å². The Balaban J connectivity index is 1.79. The second kappa shape index (κ2) is 8.78. The molecule has 2 heterocycles. The molecule has 1 N–H and O–H groups in total. The number of benzene rings is 2. The predicted octanol–water partition coefficient (Wildman–Crippen LogP) is 5.55. The summed E-state index contributed by atoms with van der Waals surface area (Å²) >= 11 is 1.43. The van der Waals surface area contributed by atoms with E-state index in [4.69, 9.17) is 4.74 Å². The quantitative estimate of drug-likeness (QED) is 0.497. The lowest BCUT2D eigenvalue weighted by Gasteiger charge is -2.19. The highest BCUT2D eigenvalue weighted by atomic mass is 32.1. The second-order valence-corrected chi connectivity index (χ2v) is 8.38. The lowest BCUT2D eigenvalue weighted by atomic mass is 10.1. The number of hydrogen-bond acceptors (Lipinski definition) is 5. The zero-order chi connectivity index (χ0) is 22.0. The molecule has 0 bridgehead atoms. The highest BCUT2D eigenvalue weighted by Gasteiger charge is 2.41. The first kappa shape index (κ1) is 20.9. The highest BCUT2D eigenvalue weighted by molar-refractivity contribution is 7.11. The van der Waals surface area contributed by atoms with Crippen LogP contribution in [0.25, 0.3) is 5.57 Å². The summed E-state index contributed by atoms with van der Waals surface area (Å²) in [5, 5.41) is 5.15. The number of nitrogens with zero attached hydrogens (tertiary/aromatic N) is 1. The van der Waals surface area contributed by atoms with E-state index in [0.717, 1.165) is 28.1 Å². The minimum Gasteiger partial charge on any atom is -0.491 e. The Morgan fingerprint density at radius 2 is 1.81 bits per heavy atom. The lowest BCUT2D eigenvalue weighted by Crippen LogP contribution is -2.32. The molecule has 1 aliphatic heterocycles. The Morgan fingerprint density at radius 1 is 1.00 bits per heavy atom. The molecular formula is C25H24N2O3S. The summed E-state index contributed by atoms with van der Waals surface area (Å²) in [5.41, 5.74) is 4.05. The third kappa shape index (κ3) is 3.99. The Bertz CT molecular complexity index is 1170. The van der Waals surface area contributed by atoms with Gasteiger partial charge in [-0.3, -0.25) is 9.59 Å². The molecule has 158 valence electrons. The van der Waals surface area contributed by atoms with Crippen molar-refractivity contribution in [1.82, 2.24) is 0 Å². The van der Waals surface area contributed by atoms with Crippen molar-refractivity contribution in [2.24, 2.45) is 0 Å². The van der Waals surface area contributed by atoms with Gasteiger partial charge in [0, 0.05) is 10.6 Å². The lowest BCUT2D eigenvalue weighted by molar-refractivity contribution is -0.120. The molecule has 6 heteroatoms. The highest BCUT2D eigenvalue weighted by Crippen LogP contribution is 2.39. The van der Waals surface area contributed by atoms with Gasteiger partial charge in [0.05, 0.1) is 17.9 Å². The van der Waals surface area contributed by atoms with E-state index in [2.05, 4.69) is 5.32 Å². The van der Waals surface area contributed by atoms with Crippen LogP contribution in [0.15, 0.2) is 65.7 Å². The van der Waals surface area contributed by atoms with Gasteiger partial charge in [-0.1, -0.05) is 42.8 Å². The number of ether oxygens (including phenoxy) is 1. The van der Waals surface area contributed by atoms with E-state index in [9.17, 15) is 9.59 Å². The fourth-order valence-corrected chi connectivity index (χ4v) is 4.35. The van der Waals surface area contributed by atoms with Crippen LogP contribution in [0.4, 0.5) is 11.4 Å². The van der Waals surface area contributed by atoms with Gasteiger partial charge in [0.25, 0.3) is 11.8 Å². The van der Waals surface area contributed by atoms with Crippen LogP contribution < -0.4 is 15.0 Å². The van der Waals surface area contributed by atoms with Crippen molar-refractivity contribution in [3.8, 4) is 5.75 Å². The maximum Gasteiger partial charge on any atom is 0.282 e. The number of rotatable bonds is 7. The number of aryl methyl sites for hydroxylation is 2. The first-order valence-corrected chi connectivity index (χ1v) is 11.1. The Kier molecular flexibility index (Phi) is 5.91. The molecule has 0 saturated carbocycles. The van der Waals surface area contributed by atoms with E-state index in [0.29, 0.717) is 23.6 Å². The van der Waals surface area contributed by atoms with Gasteiger partial charge in [-0.15, -0.1) is 11.3 Å². The van der Waals surface area contributed by atoms with Crippen LogP contribution in [0.5, 0.6) is 5.75 Å². The third-order valence-electron chi connectivity index (χ3n) is 5.06. The summed E-state index contributed by atoms with van der Waals surface area (Å²) < 4.78 is 5.82. The molecule has 0 aliphatic carbocycles. The van der Waals surface area contributed by atoms with Gasteiger partial charge in [0.15, 0.2) is 0 Å². The standard InChI is InChI=1S/C25H24N2O3S/c1-4-13-30-20-9-6-5-8-19(20)27-24(28)22(21-10-7-14-31-21)23(25(27)29)26-18-12-11-16(2)15-17(18)3/h5-12,14-15,26H,4,13H2,1-3H3. The Morgan fingerprint density at radius 3 is 2.52 bits per heavy atom. The minimum atomic E-state index is -0.388. The van der Waals surface area contributed by atoms with Gasteiger partial charge >= 0.3 is 0 Å². The summed E-state index contributed by atoms with van der Waals surface area (Å²) in [6.45, 7) is 6.52. The van der Waals surface area contributed by atoms with Crippen LogP contribution in [-0.4, -0.2) is 18.4 Å². The average Bonchev–Trinajstić information content (AvgIpc) is 3.35. The number of carbonyl (C=O) groups excluding carboxylic acids is 2. The molecular weight excluding hydrogens is 408 g/mol. The zero-order valence-electron chi connectivity index (χ0n) is 17.8. The molecule has 5 nitrogen and oxygen atoms in total. The molecule has 0 unspecified atom stereocenters. The molecule has 1 aromatic heterocycles. The third-order valence-corrected chi connectivity index (χ3v) is 5.95. The topological polar surface area (TPSA) is 58.6 Å². The van der Waals surface area contributed by atoms with Gasteiger partial charge in [0.1, 0.15) is 11.4 Å². The first-order chi connectivity index (χ1) is 15.0. The van der Waals surface area contributed by atoms with Gasteiger partial charge in [-0.05, 0) is 55.5 Å². The van der Waals surface area contributed by atoms with Crippen molar-refractivity contribution in [2.75, 3.05) is 16.8 Å². The Labute approximate surface area is 186 Å². The fourth-order valence-electron chi connectivity index (χ4n) is 3.58. The maximum atomic E-state index is 13.6. The molecule has 0 atom stereocenters. The van der Waals surface area contributed by atoms with Crippen LogP contribution in [0, 0.1) is 13.8 Å². The van der Waals surface area contributed by atoms with E-state index in [1.54, 1.807) is 18.2 Å². The normalized spacial score (nSPS) is 13.8. The largest absolute Gasteiger partial charge is 0.491 e. The number of carbonyl (C=O) groups is 2. The van der Waals surface area contributed by atoms with Crippen LogP contribution >= 0.6 is 11.3 Å². The number of nitrogens with one attached hydrogen (secondary N) is 1. The zero-order valence-corrected chi connectivity index (χ0v) is 18.6. The fraction of sp³-hybridized carbons (Fsp3) is 0.200.